The third-order valence-corrected chi connectivity index (χ3v) is 3.18. The fraction of sp³-hybridized carbons (Fsp3) is 0.222. The molecule has 0 aliphatic carbocycles. The lowest BCUT2D eigenvalue weighted by Crippen LogP contribution is -2.22. The van der Waals surface area contributed by atoms with E-state index in [2.05, 4.69) is 0 Å². The number of hydrogen-bond acceptors (Lipinski definition) is 4. The largest absolute Gasteiger partial charge is 0.473 e. The van der Waals surface area contributed by atoms with E-state index < -0.39 is 23.7 Å². The molecule has 120 valence electrons. The van der Waals surface area contributed by atoms with Gasteiger partial charge >= 0.3 is 5.97 Å². The molecule has 1 atom stereocenters. The van der Waals surface area contributed by atoms with E-state index in [1.165, 1.54) is 25.1 Å². The van der Waals surface area contributed by atoms with Gasteiger partial charge in [0, 0.05) is 5.56 Å². The van der Waals surface area contributed by atoms with Gasteiger partial charge in [-0.15, -0.1) is 0 Å². The van der Waals surface area contributed by atoms with E-state index in [1.54, 1.807) is 37.3 Å². The van der Waals surface area contributed by atoms with E-state index in [-0.39, 0.29) is 17.9 Å². The van der Waals surface area contributed by atoms with Gasteiger partial charge in [-0.1, -0.05) is 36.4 Å². The Morgan fingerprint density at radius 1 is 1.09 bits per heavy atom. The first kappa shape index (κ1) is 16.7. The molecule has 1 unspecified atom stereocenters. The van der Waals surface area contributed by atoms with Crippen molar-refractivity contribution in [3.05, 3.63) is 65.5 Å². The van der Waals surface area contributed by atoms with E-state index in [0.717, 1.165) is 0 Å². The Balaban J connectivity index is 2.41. The van der Waals surface area contributed by atoms with Crippen molar-refractivity contribution in [2.24, 2.45) is 0 Å². The number of benzene rings is 2. The first-order chi connectivity index (χ1) is 11.0. The van der Waals surface area contributed by atoms with Crippen LogP contribution in [-0.2, 0) is 9.53 Å². The van der Waals surface area contributed by atoms with Crippen LogP contribution in [0.1, 0.15) is 35.9 Å². The standard InChI is InChI=1S/C18H17FO4/c1-3-22-18(21)17(13-8-5-4-6-9-13)23-15-11-7-10-14(19)16(15)12(2)20/h4-11,17H,3H2,1-2H3. The van der Waals surface area contributed by atoms with Crippen LogP contribution in [0.5, 0.6) is 5.75 Å². The molecule has 23 heavy (non-hydrogen) atoms. The summed E-state index contributed by atoms with van der Waals surface area (Å²) < 4.78 is 24.6. The predicted octanol–water partition coefficient (Wildman–Crippen LogP) is 3.71. The number of hydrogen-bond donors (Lipinski definition) is 0. The topological polar surface area (TPSA) is 52.6 Å². The molecule has 0 spiro atoms. The van der Waals surface area contributed by atoms with Crippen molar-refractivity contribution < 1.29 is 23.5 Å². The monoisotopic (exact) mass is 316 g/mol. The Kier molecular flexibility index (Phi) is 5.46. The third kappa shape index (κ3) is 3.94. The molecule has 0 N–H and O–H groups in total. The number of rotatable bonds is 6. The number of Topliss-reactive ketones (excluding diaryl/α,β-unsaturated/α-hetero) is 1. The summed E-state index contributed by atoms with van der Waals surface area (Å²) >= 11 is 0. The highest BCUT2D eigenvalue weighted by Gasteiger charge is 2.26. The van der Waals surface area contributed by atoms with E-state index in [4.69, 9.17) is 9.47 Å². The van der Waals surface area contributed by atoms with E-state index in [1.807, 2.05) is 0 Å². The van der Waals surface area contributed by atoms with Crippen molar-refractivity contribution in [2.45, 2.75) is 20.0 Å². The molecule has 0 saturated heterocycles. The van der Waals surface area contributed by atoms with E-state index in [0.29, 0.717) is 5.56 Å². The second kappa shape index (κ2) is 7.54. The highest BCUT2D eigenvalue weighted by Crippen LogP contribution is 2.28. The van der Waals surface area contributed by atoms with Gasteiger partial charge < -0.3 is 9.47 Å². The van der Waals surface area contributed by atoms with Crippen molar-refractivity contribution in [3.8, 4) is 5.75 Å². The molecular formula is C18H17FO4. The van der Waals surface area contributed by atoms with Gasteiger partial charge in [0.25, 0.3) is 0 Å². The van der Waals surface area contributed by atoms with Crippen LogP contribution in [0.4, 0.5) is 4.39 Å². The van der Waals surface area contributed by atoms with Gasteiger partial charge in [0.05, 0.1) is 12.2 Å². The Hall–Kier alpha value is -2.69. The van der Waals surface area contributed by atoms with Crippen molar-refractivity contribution in [2.75, 3.05) is 6.61 Å². The van der Waals surface area contributed by atoms with Crippen molar-refractivity contribution in [3.63, 3.8) is 0 Å². The van der Waals surface area contributed by atoms with Crippen molar-refractivity contribution in [1.29, 1.82) is 0 Å². The lowest BCUT2D eigenvalue weighted by Gasteiger charge is -2.19. The van der Waals surface area contributed by atoms with Crippen LogP contribution < -0.4 is 4.74 Å². The van der Waals surface area contributed by atoms with Gasteiger partial charge in [0.15, 0.2) is 5.78 Å². The fourth-order valence-corrected chi connectivity index (χ4v) is 2.17. The SMILES string of the molecule is CCOC(=O)C(Oc1cccc(F)c1C(C)=O)c1ccccc1. The molecule has 0 radical (unpaired) electrons. The minimum Gasteiger partial charge on any atom is -0.473 e. The quantitative estimate of drug-likeness (QED) is 0.602. The number of ether oxygens (including phenoxy) is 2. The molecule has 0 fully saturated rings. The number of carbonyl (C=O) groups excluding carboxylic acids is 2. The van der Waals surface area contributed by atoms with Crippen LogP contribution in [0.2, 0.25) is 0 Å². The zero-order chi connectivity index (χ0) is 16.8. The molecule has 4 nitrogen and oxygen atoms in total. The molecular weight excluding hydrogens is 299 g/mol. The first-order valence-electron chi connectivity index (χ1n) is 7.22. The molecule has 5 heteroatoms. The first-order valence-corrected chi connectivity index (χ1v) is 7.22. The Morgan fingerprint density at radius 2 is 1.78 bits per heavy atom. The average molecular weight is 316 g/mol. The molecule has 0 aliphatic rings. The minimum absolute atomic E-state index is 0.0133. The van der Waals surface area contributed by atoms with Crippen LogP contribution in [0, 0.1) is 5.82 Å². The normalized spacial score (nSPS) is 11.6. The van der Waals surface area contributed by atoms with E-state index >= 15 is 0 Å². The van der Waals surface area contributed by atoms with Crippen molar-refractivity contribution >= 4 is 11.8 Å². The third-order valence-electron chi connectivity index (χ3n) is 3.18. The smallest absolute Gasteiger partial charge is 0.352 e. The predicted molar refractivity (Wildman–Crippen MR) is 82.8 cm³/mol. The van der Waals surface area contributed by atoms with Gasteiger partial charge in [-0.3, -0.25) is 4.79 Å². The molecule has 0 aromatic heterocycles. The summed E-state index contributed by atoms with van der Waals surface area (Å²) in [6.07, 6.45) is -1.07. The Bertz CT molecular complexity index is 697. The lowest BCUT2D eigenvalue weighted by molar-refractivity contribution is -0.151. The summed E-state index contributed by atoms with van der Waals surface area (Å²) in [4.78, 5) is 23.9. The summed E-state index contributed by atoms with van der Waals surface area (Å²) in [5, 5.41) is 0. The molecule has 2 aromatic carbocycles. The minimum atomic E-state index is -1.07. The zero-order valence-corrected chi connectivity index (χ0v) is 12.9. The maximum absolute atomic E-state index is 13.9. The van der Waals surface area contributed by atoms with Crippen LogP contribution in [0.15, 0.2) is 48.5 Å². The molecule has 0 bridgehead atoms. The summed E-state index contributed by atoms with van der Waals surface area (Å²) in [7, 11) is 0. The molecule has 2 rings (SSSR count). The average Bonchev–Trinajstić information content (AvgIpc) is 2.53. The molecule has 2 aromatic rings. The maximum atomic E-state index is 13.9. The van der Waals surface area contributed by atoms with Crippen LogP contribution in [-0.4, -0.2) is 18.4 Å². The summed E-state index contributed by atoms with van der Waals surface area (Å²) in [5.74, 6) is -1.75. The van der Waals surface area contributed by atoms with Crippen LogP contribution in [0.3, 0.4) is 0 Å². The number of esters is 1. The maximum Gasteiger partial charge on any atom is 0.352 e. The van der Waals surface area contributed by atoms with Gasteiger partial charge in [-0.2, -0.15) is 0 Å². The molecule has 0 saturated carbocycles. The second-order valence-electron chi connectivity index (χ2n) is 4.83. The zero-order valence-electron chi connectivity index (χ0n) is 12.9. The number of halogens is 1. The number of ketones is 1. The van der Waals surface area contributed by atoms with Gasteiger partial charge in [0.2, 0.25) is 6.10 Å². The molecule has 0 amide bonds. The van der Waals surface area contributed by atoms with Crippen molar-refractivity contribution in [1.82, 2.24) is 0 Å². The molecule has 0 heterocycles. The highest BCUT2D eigenvalue weighted by molar-refractivity contribution is 5.97. The second-order valence-corrected chi connectivity index (χ2v) is 4.83. The Morgan fingerprint density at radius 3 is 2.39 bits per heavy atom. The van der Waals surface area contributed by atoms with E-state index in [9.17, 15) is 14.0 Å². The van der Waals surface area contributed by atoms with Gasteiger partial charge in [-0.05, 0) is 26.0 Å². The summed E-state index contributed by atoms with van der Waals surface area (Å²) in [6, 6.07) is 12.8. The summed E-state index contributed by atoms with van der Waals surface area (Å²) in [6.45, 7) is 3.12. The van der Waals surface area contributed by atoms with Gasteiger partial charge in [0.1, 0.15) is 11.6 Å². The van der Waals surface area contributed by atoms with Gasteiger partial charge in [-0.25, -0.2) is 9.18 Å². The summed E-state index contributed by atoms with van der Waals surface area (Å²) in [5.41, 5.74) is 0.377. The van der Waals surface area contributed by atoms with Crippen LogP contribution in [0.25, 0.3) is 0 Å². The highest BCUT2D eigenvalue weighted by atomic mass is 19.1. The fourth-order valence-electron chi connectivity index (χ4n) is 2.17. The number of carbonyl (C=O) groups is 2. The lowest BCUT2D eigenvalue weighted by atomic mass is 10.1. The Labute approximate surface area is 133 Å². The molecule has 0 aliphatic heterocycles. The van der Waals surface area contributed by atoms with Crippen LogP contribution >= 0.6 is 0 Å².